The molecular formula is C12H14ClF3N2O2. The van der Waals surface area contributed by atoms with Crippen molar-refractivity contribution in [2.24, 2.45) is 5.73 Å². The van der Waals surface area contributed by atoms with E-state index >= 15 is 0 Å². The van der Waals surface area contributed by atoms with Gasteiger partial charge in [0, 0.05) is 19.1 Å². The molecule has 0 aromatic heterocycles. The Morgan fingerprint density at radius 3 is 2.60 bits per heavy atom. The van der Waals surface area contributed by atoms with Crippen LogP contribution < -0.4 is 5.73 Å². The van der Waals surface area contributed by atoms with Gasteiger partial charge in [0.1, 0.15) is 0 Å². The molecule has 0 aliphatic carbocycles. The number of likely N-dealkylation sites (tertiary alicyclic amines) is 1. The number of amides is 1. The molecule has 1 fully saturated rings. The first kappa shape index (κ1) is 16.6. The number of carbonyl (C=O) groups is 1. The molecule has 0 radical (unpaired) electrons. The van der Waals surface area contributed by atoms with Crippen LogP contribution in [-0.4, -0.2) is 35.0 Å². The molecule has 0 spiro atoms. The Morgan fingerprint density at radius 2 is 2.00 bits per heavy atom. The van der Waals surface area contributed by atoms with E-state index in [4.69, 9.17) is 10.8 Å². The molecule has 0 bridgehead atoms. The summed E-state index contributed by atoms with van der Waals surface area (Å²) in [4.78, 5) is 13.3. The highest BCUT2D eigenvalue weighted by Crippen LogP contribution is 2.27. The lowest BCUT2D eigenvalue weighted by Gasteiger charge is -2.30. The van der Waals surface area contributed by atoms with Gasteiger partial charge in [0.05, 0.1) is 5.56 Å². The number of phenols is 1. The molecule has 3 N–H and O–H groups in total. The van der Waals surface area contributed by atoms with E-state index in [1.807, 2.05) is 0 Å². The van der Waals surface area contributed by atoms with Crippen molar-refractivity contribution in [3.05, 3.63) is 29.1 Å². The molecule has 1 atom stereocenters. The summed E-state index contributed by atoms with van der Waals surface area (Å²) >= 11 is 0. The summed E-state index contributed by atoms with van der Waals surface area (Å²) in [6, 6.07) is 0.229. The van der Waals surface area contributed by atoms with Crippen molar-refractivity contribution in [2.45, 2.75) is 18.9 Å². The fraction of sp³-hybridized carbons (Fsp3) is 0.417. The maximum atomic E-state index is 13.6. The lowest BCUT2D eigenvalue weighted by atomic mass is 10.0. The van der Waals surface area contributed by atoms with Gasteiger partial charge < -0.3 is 15.7 Å². The first-order valence-electron chi connectivity index (χ1n) is 5.83. The van der Waals surface area contributed by atoms with Gasteiger partial charge in [-0.1, -0.05) is 0 Å². The van der Waals surface area contributed by atoms with Gasteiger partial charge in [-0.25, -0.2) is 8.78 Å². The summed E-state index contributed by atoms with van der Waals surface area (Å²) in [6.45, 7) is 0.587. The van der Waals surface area contributed by atoms with Gasteiger partial charge in [-0.05, 0) is 18.9 Å². The van der Waals surface area contributed by atoms with Crippen molar-refractivity contribution < 1.29 is 23.1 Å². The number of rotatable bonds is 1. The largest absolute Gasteiger partial charge is 0.503 e. The lowest BCUT2D eigenvalue weighted by Crippen LogP contribution is -2.46. The monoisotopic (exact) mass is 310 g/mol. The van der Waals surface area contributed by atoms with Gasteiger partial charge in [-0.3, -0.25) is 4.79 Å². The van der Waals surface area contributed by atoms with Crippen molar-refractivity contribution >= 4 is 18.3 Å². The van der Waals surface area contributed by atoms with E-state index in [0.717, 1.165) is 6.42 Å². The first-order chi connectivity index (χ1) is 8.91. The second-order valence-electron chi connectivity index (χ2n) is 4.54. The van der Waals surface area contributed by atoms with Crippen LogP contribution in [0.25, 0.3) is 0 Å². The predicted molar refractivity (Wildman–Crippen MR) is 68.3 cm³/mol. The minimum Gasteiger partial charge on any atom is -0.503 e. The van der Waals surface area contributed by atoms with Crippen LogP contribution in [0.1, 0.15) is 23.2 Å². The topological polar surface area (TPSA) is 66.6 Å². The molecule has 2 rings (SSSR count). The number of benzene rings is 1. The summed E-state index contributed by atoms with van der Waals surface area (Å²) in [5.41, 5.74) is 5.00. The fourth-order valence-electron chi connectivity index (χ4n) is 2.11. The number of hydrogen-bond acceptors (Lipinski definition) is 3. The molecule has 1 aliphatic heterocycles. The van der Waals surface area contributed by atoms with Gasteiger partial charge in [0.25, 0.3) is 5.91 Å². The Labute approximate surface area is 119 Å². The Hall–Kier alpha value is -1.47. The van der Waals surface area contributed by atoms with E-state index in [1.54, 1.807) is 0 Å². The van der Waals surface area contributed by atoms with Crippen molar-refractivity contribution in [2.75, 3.05) is 13.1 Å². The van der Waals surface area contributed by atoms with Gasteiger partial charge >= 0.3 is 0 Å². The summed E-state index contributed by atoms with van der Waals surface area (Å²) in [5.74, 6) is -6.91. The third-order valence-electron chi connectivity index (χ3n) is 3.11. The molecular weight excluding hydrogens is 297 g/mol. The number of aromatic hydroxyl groups is 1. The zero-order chi connectivity index (χ0) is 14.2. The highest BCUT2D eigenvalue weighted by Gasteiger charge is 2.28. The summed E-state index contributed by atoms with van der Waals surface area (Å²) in [7, 11) is 0. The summed E-state index contributed by atoms with van der Waals surface area (Å²) in [6.07, 6.45) is 1.40. The SMILES string of the molecule is Cl.NC1CCCN(C(=O)c2cc(F)c(F)c(O)c2F)C1. The smallest absolute Gasteiger partial charge is 0.257 e. The molecule has 8 heteroatoms. The van der Waals surface area contributed by atoms with Crippen LogP contribution in [0.15, 0.2) is 6.07 Å². The quantitative estimate of drug-likeness (QED) is 0.777. The summed E-state index contributed by atoms with van der Waals surface area (Å²) < 4.78 is 39.7. The molecule has 1 aliphatic rings. The van der Waals surface area contributed by atoms with E-state index in [2.05, 4.69) is 0 Å². The second kappa shape index (κ2) is 6.32. The van der Waals surface area contributed by atoms with Crippen LogP contribution >= 0.6 is 12.4 Å². The molecule has 112 valence electrons. The number of nitrogens with two attached hydrogens (primary N) is 1. The molecule has 0 saturated carbocycles. The molecule has 20 heavy (non-hydrogen) atoms. The van der Waals surface area contributed by atoms with Gasteiger partial charge in [0.15, 0.2) is 17.4 Å². The highest BCUT2D eigenvalue weighted by atomic mass is 35.5. The number of piperidine rings is 1. The number of carbonyl (C=O) groups excluding carboxylic acids is 1. The predicted octanol–water partition coefficient (Wildman–Crippen LogP) is 1.79. The van der Waals surface area contributed by atoms with E-state index in [-0.39, 0.29) is 25.0 Å². The van der Waals surface area contributed by atoms with Crippen LogP contribution in [0, 0.1) is 17.5 Å². The number of nitrogens with zero attached hydrogens (tertiary/aromatic N) is 1. The Kier molecular flexibility index (Phi) is 5.24. The zero-order valence-corrected chi connectivity index (χ0v) is 11.2. The Bertz CT molecular complexity index is 528. The van der Waals surface area contributed by atoms with Crippen LogP contribution in [0.3, 0.4) is 0 Å². The number of hydrogen-bond donors (Lipinski definition) is 2. The molecule has 1 heterocycles. The maximum Gasteiger partial charge on any atom is 0.257 e. The van der Waals surface area contributed by atoms with E-state index < -0.39 is 34.7 Å². The van der Waals surface area contributed by atoms with Crippen molar-refractivity contribution in [1.82, 2.24) is 4.90 Å². The van der Waals surface area contributed by atoms with E-state index in [1.165, 1.54) is 4.90 Å². The van der Waals surface area contributed by atoms with Gasteiger partial charge in [-0.15, -0.1) is 12.4 Å². The van der Waals surface area contributed by atoms with Crippen LogP contribution in [0.2, 0.25) is 0 Å². The second-order valence-corrected chi connectivity index (χ2v) is 4.54. The minimum absolute atomic E-state index is 0. The third kappa shape index (κ3) is 2.99. The van der Waals surface area contributed by atoms with Gasteiger partial charge in [0.2, 0.25) is 5.82 Å². The average molecular weight is 311 g/mol. The molecule has 1 aromatic rings. The van der Waals surface area contributed by atoms with Crippen LogP contribution in [0.5, 0.6) is 5.75 Å². The van der Waals surface area contributed by atoms with Crippen LogP contribution in [-0.2, 0) is 0 Å². The van der Waals surface area contributed by atoms with Crippen LogP contribution in [0.4, 0.5) is 13.2 Å². The Balaban J connectivity index is 0.00000200. The maximum absolute atomic E-state index is 13.6. The fourth-order valence-corrected chi connectivity index (χ4v) is 2.11. The van der Waals surface area contributed by atoms with E-state index in [9.17, 15) is 18.0 Å². The lowest BCUT2D eigenvalue weighted by molar-refractivity contribution is 0.0702. The van der Waals surface area contributed by atoms with Gasteiger partial charge in [-0.2, -0.15) is 4.39 Å². The normalized spacial score (nSPS) is 18.6. The number of phenolic OH excluding ortho intramolecular Hbond substituents is 1. The van der Waals surface area contributed by atoms with E-state index in [0.29, 0.717) is 19.0 Å². The Morgan fingerprint density at radius 1 is 1.35 bits per heavy atom. The third-order valence-corrected chi connectivity index (χ3v) is 3.11. The molecule has 4 nitrogen and oxygen atoms in total. The van der Waals surface area contributed by atoms with Crippen molar-refractivity contribution in [1.29, 1.82) is 0 Å². The first-order valence-corrected chi connectivity index (χ1v) is 5.83. The van der Waals surface area contributed by atoms with Crippen molar-refractivity contribution in [3.63, 3.8) is 0 Å². The number of halogens is 4. The zero-order valence-electron chi connectivity index (χ0n) is 10.4. The molecule has 1 aromatic carbocycles. The van der Waals surface area contributed by atoms with Crippen molar-refractivity contribution in [3.8, 4) is 5.75 Å². The average Bonchev–Trinajstić information content (AvgIpc) is 2.40. The standard InChI is InChI=1S/C12H13F3N2O2.ClH/c13-8-4-7(9(14)11(18)10(8)15)12(19)17-3-1-2-6(16)5-17;/h4,6,18H,1-3,5,16H2;1H. The molecule has 1 saturated heterocycles. The molecule has 1 unspecified atom stereocenters. The molecule has 1 amide bonds. The summed E-state index contributed by atoms with van der Waals surface area (Å²) in [5, 5.41) is 9.08. The minimum atomic E-state index is -1.70. The highest BCUT2D eigenvalue weighted by molar-refractivity contribution is 5.95.